The summed E-state index contributed by atoms with van der Waals surface area (Å²) < 4.78 is 13.1. The van der Waals surface area contributed by atoms with Crippen LogP contribution in [-0.4, -0.2) is 36.5 Å². The van der Waals surface area contributed by atoms with E-state index in [0.717, 1.165) is 12.6 Å². The van der Waals surface area contributed by atoms with E-state index < -0.39 is 5.82 Å². The predicted molar refractivity (Wildman–Crippen MR) is 64.1 cm³/mol. The van der Waals surface area contributed by atoms with Crippen molar-refractivity contribution >= 4 is 11.7 Å². The van der Waals surface area contributed by atoms with Crippen LogP contribution in [-0.2, 0) is 0 Å². The van der Waals surface area contributed by atoms with Gasteiger partial charge < -0.3 is 5.32 Å². The molecule has 0 aliphatic heterocycles. The maximum absolute atomic E-state index is 13.1. The number of aromatic nitrogens is 1. The Morgan fingerprint density at radius 3 is 2.82 bits per heavy atom. The summed E-state index contributed by atoms with van der Waals surface area (Å²) in [7, 11) is 3.37. The standard InChI is InChI=1S/C11H17FN4O/c1-4-5-13-10-9(6-8(12)7-14-10)11(17)15-16(2)3/h6-7H,4-5H2,1-3H3,(H,13,14)(H,15,17). The minimum absolute atomic E-state index is 0.201. The molecule has 6 heteroatoms. The Kier molecular flexibility index (Phi) is 4.84. The van der Waals surface area contributed by atoms with Gasteiger partial charge >= 0.3 is 0 Å². The fourth-order valence-corrected chi connectivity index (χ4v) is 1.26. The van der Waals surface area contributed by atoms with Crippen molar-refractivity contribution in [2.45, 2.75) is 13.3 Å². The Bertz CT molecular complexity index is 395. The number of hydrogen-bond acceptors (Lipinski definition) is 4. The molecule has 2 N–H and O–H groups in total. The normalized spacial score (nSPS) is 10.4. The maximum Gasteiger partial charge on any atom is 0.269 e. The molecule has 0 aliphatic carbocycles. The van der Waals surface area contributed by atoms with E-state index in [1.54, 1.807) is 14.1 Å². The largest absolute Gasteiger partial charge is 0.369 e. The van der Waals surface area contributed by atoms with Crippen LogP contribution < -0.4 is 10.7 Å². The second-order valence-corrected chi connectivity index (χ2v) is 3.81. The minimum atomic E-state index is -0.532. The summed E-state index contributed by atoms with van der Waals surface area (Å²) in [6, 6.07) is 1.17. The third kappa shape index (κ3) is 3.99. The van der Waals surface area contributed by atoms with Gasteiger partial charge in [0.2, 0.25) is 0 Å². The number of nitrogens with one attached hydrogen (secondary N) is 2. The summed E-state index contributed by atoms with van der Waals surface area (Å²) in [6.07, 6.45) is 1.98. The number of carbonyl (C=O) groups is 1. The van der Waals surface area contributed by atoms with E-state index in [-0.39, 0.29) is 11.5 Å². The van der Waals surface area contributed by atoms with Crippen LogP contribution >= 0.6 is 0 Å². The van der Waals surface area contributed by atoms with Gasteiger partial charge in [0.15, 0.2) is 0 Å². The van der Waals surface area contributed by atoms with Gasteiger partial charge in [-0.2, -0.15) is 0 Å². The number of pyridine rings is 1. The van der Waals surface area contributed by atoms with Gasteiger partial charge in [0.05, 0.1) is 11.8 Å². The Morgan fingerprint density at radius 1 is 1.53 bits per heavy atom. The average molecular weight is 240 g/mol. The van der Waals surface area contributed by atoms with Crippen LogP contribution in [0.3, 0.4) is 0 Å². The van der Waals surface area contributed by atoms with E-state index in [0.29, 0.717) is 12.4 Å². The molecule has 0 bridgehead atoms. The number of amides is 1. The van der Waals surface area contributed by atoms with Crippen molar-refractivity contribution < 1.29 is 9.18 Å². The number of carbonyl (C=O) groups excluding carboxylic acids is 1. The van der Waals surface area contributed by atoms with E-state index in [1.807, 2.05) is 6.92 Å². The summed E-state index contributed by atoms with van der Waals surface area (Å²) in [5, 5.41) is 4.48. The van der Waals surface area contributed by atoms with Crippen LogP contribution in [0.25, 0.3) is 0 Å². The molecule has 1 rings (SSSR count). The van der Waals surface area contributed by atoms with E-state index >= 15 is 0 Å². The number of rotatable bonds is 5. The molecule has 1 aromatic heterocycles. The SMILES string of the molecule is CCCNc1ncc(F)cc1C(=O)NN(C)C. The zero-order chi connectivity index (χ0) is 12.8. The molecule has 0 aliphatic rings. The first-order valence-corrected chi connectivity index (χ1v) is 5.42. The predicted octanol–water partition coefficient (Wildman–Crippen LogP) is 1.25. The molecule has 0 unspecified atom stereocenters. The molecule has 1 aromatic rings. The van der Waals surface area contributed by atoms with Gasteiger partial charge in [0.25, 0.3) is 5.91 Å². The van der Waals surface area contributed by atoms with Gasteiger partial charge in [-0.1, -0.05) is 6.92 Å². The maximum atomic E-state index is 13.1. The fraction of sp³-hybridized carbons (Fsp3) is 0.455. The lowest BCUT2D eigenvalue weighted by atomic mass is 10.2. The summed E-state index contributed by atoms with van der Waals surface area (Å²) >= 11 is 0. The molecule has 17 heavy (non-hydrogen) atoms. The van der Waals surface area contributed by atoms with Crippen molar-refractivity contribution in [1.29, 1.82) is 0 Å². The van der Waals surface area contributed by atoms with Crippen molar-refractivity contribution in [1.82, 2.24) is 15.4 Å². The molecule has 0 spiro atoms. The van der Waals surface area contributed by atoms with E-state index in [2.05, 4.69) is 15.7 Å². The monoisotopic (exact) mass is 240 g/mol. The highest BCUT2D eigenvalue weighted by Gasteiger charge is 2.14. The van der Waals surface area contributed by atoms with Crippen LogP contribution in [0.2, 0.25) is 0 Å². The summed E-state index contributed by atoms with van der Waals surface area (Å²) in [4.78, 5) is 15.7. The smallest absolute Gasteiger partial charge is 0.269 e. The van der Waals surface area contributed by atoms with Crippen LogP contribution in [0.5, 0.6) is 0 Å². The van der Waals surface area contributed by atoms with Crippen molar-refractivity contribution in [3.8, 4) is 0 Å². The average Bonchev–Trinajstić information content (AvgIpc) is 2.26. The third-order valence-corrected chi connectivity index (χ3v) is 1.97. The van der Waals surface area contributed by atoms with Gasteiger partial charge in [0, 0.05) is 20.6 Å². The highest BCUT2D eigenvalue weighted by atomic mass is 19.1. The minimum Gasteiger partial charge on any atom is -0.369 e. The van der Waals surface area contributed by atoms with E-state index in [4.69, 9.17) is 0 Å². The first kappa shape index (κ1) is 13.4. The molecular formula is C11H17FN4O. The van der Waals surface area contributed by atoms with Crippen LogP contribution in [0, 0.1) is 5.82 Å². The number of hydrogen-bond donors (Lipinski definition) is 2. The molecule has 94 valence electrons. The lowest BCUT2D eigenvalue weighted by molar-refractivity contribution is 0.0857. The Hall–Kier alpha value is -1.69. The molecule has 0 saturated heterocycles. The van der Waals surface area contributed by atoms with E-state index in [1.165, 1.54) is 11.1 Å². The molecule has 0 atom stereocenters. The second-order valence-electron chi connectivity index (χ2n) is 3.81. The van der Waals surface area contributed by atoms with Crippen LogP contribution in [0.4, 0.5) is 10.2 Å². The van der Waals surface area contributed by atoms with Crippen LogP contribution in [0.1, 0.15) is 23.7 Å². The van der Waals surface area contributed by atoms with Gasteiger partial charge in [-0.3, -0.25) is 10.2 Å². The number of hydrazine groups is 1. The molecular weight excluding hydrogens is 223 g/mol. The molecule has 0 aromatic carbocycles. The molecule has 1 heterocycles. The molecule has 0 radical (unpaired) electrons. The number of nitrogens with zero attached hydrogens (tertiary/aromatic N) is 2. The number of halogens is 1. The second kappa shape index (κ2) is 6.15. The topological polar surface area (TPSA) is 57.3 Å². The lowest BCUT2D eigenvalue weighted by Gasteiger charge is -2.14. The molecule has 5 nitrogen and oxygen atoms in total. The quantitative estimate of drug-likeness (QED) is 0.760. The summed E-state index contributed by atoms with van der Waals surface area (Å²) in [5.41, 5.74) is 2.75. The van der Waals surface area contributed by atoms with Crippen molar-refractivity contribution in [3.63, 3.8) is 0 Å². The van der Waals surface area contributed by atoms with Crippen molar-refractivity contribution in [3.05, 3.63) is 23.6 Å². The Morgan fingerprint density at radius 2 is 2.24 bits per heavy atom. The first-order valence-electron chi connectivity index (χ1n) is 5.42. The summed E-state index contributed by atoms with van der Waals surface area (Å²) in [5.74, 6) is -0.524. The van der Waals surface area contributed by atoms with Gasteiger partial charge in [-0.05, 0) is 12.5 Å². The Balaban J connectivity index is 2.93. The third-order valence-electron chi connectivity index (χ3n) is 1.97. The summed E-state index contributed by atoms with van der Waals surface area (Å²) in [6.45, 7) is 2.68. The zero-order valence-corrected chi connectivity index (χ0v) is 10.2. The Labute approximate surface area is 100.0 Å². The zero-order valence-electron chi connectivity index (χ0n) is 10.2. The van der Waals surface area contributed by atoms with Gasteiger partial charge in [0.1, 0.15) is 11.6 Å². The highest BCUT2D eigenvalue weighted by Crippen LogP contribution is 2.13. The van der Waals surface area contributed by atoms with E-state index in [9.17, 15) is 9.18 Å². The van der Waals surface area contributed by atoms with Gasteiger partial charge in [-0.15, -0.1) is 0 Å². The first-order chi connectivity index (χ1) is 8.04. The molecule has 0 saturated carbocycles. The van der Waals surface area contributed by atoms with Crippen molar-refractivity contribution in [2.24, 2.45) is 0 Å². The highest BCUT2D eigenvalue weighted by molar-refractivity contribution is 5.98. The molecule has 1 amide bonds. The molecule has 0 fully saturated rings. The van der Waals surface area contributed by atoms with Gasteiger partial charge in [-0.25, -0.2) is 14.4 Å². The van der Waals surface area contributed by atoms with Crippen LogP contribution in [0.15, 0.2) is 12.3 Å². The lowest BCUT2D eigenvalue weighted by Crippen LogP contribution is -2.36. The fourth-order valence-electron chi connectivity index (χ4n) is 1.26. The van der Waals surface area contributed by atoms with Crippen molar-refractivity contribution in [2.75, 3.05) is 26.0 Å². The number of anilines is 1.